The summed E-state index contributed by atoms with van der Waals surface area (Å²) >= 11 is 0. The van der Waals surface area contributed by atoms with Crippen LogP contribution in [0.3, 0.4) is 0 Å². The third-order valence-electron chi connectivity index (χ3n) is 4.15. The Labute approximate surface area is 154 Å². The molecule has 0 fully saturated rings. The van der Waals surface area contributed by atoms with Gasteiger partial charge < -0.3 is 20.1 Å². The van der Waals surface area contributed by atoms with Gasteiger partial charge in [0.25, 0.3) is 0 Å². The minimum absolute atomic E-state index is 0.0174. The second-order valence-corrected chi connectivity index (χ2v) is 6.24. The minimum atomic E-state index is -0.120. The molecule has 2 unspecified atom stereocenters. The maximum Gasteiger partial charge on any atom is 0.224 e. The van der Waals surface area contributed by atoms with E-state index in [0.717, 1.165) is 11.1 Å². The van der Waals surface area contributed by atoms with Crippen LogP contribution in [0.4, 0.5) is 0 Å². The first kappa shape index (κ1) is 19.7. The zero-order valence-corrected chi connectivity index (χ0v) is 15.8. The van der Waals surface area contributed by atoms with Gasteiger partial charge in [0, 0.05) is 24.9 Å². The zero-order chi connectivity index (χ0) is 18.9. The lowest BCUT2D eigenvalue weighted by Gasteiger charge is -2.19. The van der Waals surface area contributed by atoms with E-state index in [1.807, 2.05) is 51.2 Å². The Morgan fingerprint density at radius 2 is 1.88 bits per heavy atom. The number of amides is 1. The first-order valence-corrected chi connectivity index (χ1v) is 8.69. The number of carbonyl (C=O) groups is 1. The lowest BCUT2D eigenvalue weighted by molar-refractivity contribution is -0.125. The molecule has 1 amide bonds. The van der Waals surface area contributed by atoms with Gasteiger partial charge in [0.1, 0.15) is 6.61 Å². The highest BCUT2D eigenvalue weighted by atomic mass is 16.5. The predicted octanol–water partition coefficient (Wildman–Crippen LogP) is 2.70. The monoisotopic (exact) mass is 357 g/mol. The van der Waals surface area contributed by atoms with E-state index in [1.165, 1.54) is 0 Å². The van der Waals surface area contributed by atoms with Crippen LogP contribution < -0.4 is 20.1 Å². The van der Waals surface area contributed by atoms with Crippen LogP contribution >= 0.6 is 0 Å². The van der Waals surface area contributed by atoms with E-state index in [-0.39, 0.29) is 17.9 Å². The van der Waals surface area contributed by atoms with Crippen molar-refractivity contribution in [2.24, 2.45) is 5.92 Å². The van der Waals surface area contributed by atoms with Crippen LogP contribution in [0.2, 0.25) is 0 Å². The summed E-state index contributed by atoms with van der Waals surface area (Å²) in [6.07, 6.45) is 3.47. The second-order valence-electron chi connectivity index (χ2n) is 6.24. The summed E-state index contributed by atoms with van der Waals surface area (Å²) < 4.78 is 11.3. The number of pyridine rings is 1. The van der Waals surface area contributed by atoms with Gasteiger partial charge in [-0.05, 0) is 49.4 Å². The minimum Gasteiger partial charge on any atom is -0.493 e. The third-order valence-corrected chi connectivity index (χ3v) is 4.15. The molecule has 0 aliphatic carbocycles. The van der Waals surface area contributed by atoms with Crippen molar-refractivity contribution in [1.29, 1.82) is 0 Å². The van der Waals surface area contributed by atoms with Crippen molar-refractivity contribution in [1.82, 2.24) is 15.6 Å². The molecule has 26 heavy (non-hydrogen) atoms. The van der Waals surface area contributed by atoms with Gasteiger partial charge in [-0.2, -0.15) is 0 Å². The molecular weight excluding hydrogens is 330 g/mol. The molecule has 0 aliphatic heterocycles. The Kier molecular flexibility index (Phi) is 7.41. The van der Waals surface area contributed by atoms with Crippen LogP contribution in [0.1, 0.15) is 31.0 Å². The number of benzene rings is 1. The molecule has 6 heteroatoms. The fourth-order valence-corrected chi connectivity index (χ4v) is 2.55. The van der Waals surface area contributed by atoms with E-state index in [1.54, 1.807) is 19.5 Å². The lowest BCUT2D eigenvalue weighted by atomic mass is 10.1. The van der Waals surface area contributed by atoms with Crippen LogP contribution in [0.25, 0.3) is 0 Å². The Hall–Kier alpha value is -2.60. The maximum absolute atomic E-state index is 12.2. The highest BCUT2D eigenvalue weighted by molar-refractivity contribution is 5.79. The molecule has 6 nitrogen and oxygen atoms in total. The normalized spacial score (nSPS) is 12.9. The van der Waals surface area contributed by atoms with Crippen molar-refractivity contribution in [3.05, 3.63) is 53.9 Å². The summed E-state index contributed by atoms with van der Waals surface area (Å²) in [5.74, 6) is 1.23. The smallest absolute Gasteiger partial charge is 0.224 e. The van der Waals surface area contributed by atoms with Gasteiger partial charge in [-0.3, -0.25) is 9.78 Å². The van der Waals surface area contributed by atoms with Crippen molar-refractivity contribution in [3.8, 4) is 11.5 Å². The van der Waals surface area contributed by atoms with Gasteiger partial charge >= 0.3 is 0 Å². The Morgan fingerprint density at radius 1 is 1.15 bits per heavy atom. The van der Waals surface area contributed by atoms with Crippen molar-refractivity contribution in [2.45, 2.75) is 26.5 Å². The number of hydrogen-bond acceptors (Lipinski definition) is 5. The van der Waals surface area contributed by atoms with Gasteiger partial charge in [0.05, 0.1) is 13.2 Å². The zero-order valence-electron chi connectivity index (χ0n) is 15.8. The first-order valence-electron chi connectivity index (χ1n) is 8.69. The third kappa shape index (κ3) is 5.46. The van der Waals surface area contributed by atoms with Gasteiger partial charge in [-0.1, -0.05) is 13.0 Å². The fraction of sp³-hybridized carbons (Fsp3) is 0.400. The summed E-state index contributed by atoms with van der Waals surface area (Å²) in [6, 6.07) is 9.41. The number of rotatable bonds is 9. The molecule has 2 rings (SSSR count). The van der Waals surface area contributed by atoms with E-state index in [0.29, 0.717) is 24.7 Å². The molecule has 0 saturated carbocycles. The van der Waals surface area contributed by atoms with Crippen molar-refractivity contribution < 1.29 is 14.3 Å². The number of ether oxygens (including phenoxy) is 2. The van der Waals surface area contributed by atoms with Gasteiger partial charge in [0.2, 0.25) is 5.91 Å². The first-order chi connectivity index (χ1) is 12.5. The van der Waals surface area contributed by atoms with E-state index in [9.17, 15) is 4.79 Å². The highest BCUT2D eigenvalue weighted by Crippen LogP contribution is 2.31. The summed E-state index contributed by atoms with van der Waals surface area (Å²) in [4.78, 5) is 16.2. The SMILES string of the molecule is CNCC(C)C(=O)NC(C)c1ccc(OCc2ccncc2)c(OC)c1. The molecule has 2 atom stereocenters. The molecule has 2 aromatic rings. The van der Waals surface area contributed by atoms with Crippen molar-refractivity contribution in [2.75, 3.05) is 20.7 Å². The van der Waals surface area contributed by atoms with Crippen LogP contribution in [0, 0.1) is 5.92 Å². The molecular formula is C20H27N3O3. The lowest BCUT2D eigenvalue weighted by Crippen LogP contribution is -2.35. The van der Waals surface area contributed by atoms with Crippen LogP contribution in [-0.2, 0) is 11.4 Å². The molecule has 1 aromatic heterocycles. The van der Waals surface area contributed by atoms with E-state index in [2.05, 4.69) is 15.6 Å². The number of nitrogens with one attached hydrogen (secondary N) is 2. The average molecular weight is 357 g/mol. The van der Waals surface area contributed by atoms with Gasteiger partial charge in [-0.25, -0.2) is 0 Å². The predicted molar refractivity (Wildman–Crippen MR) is 101 cm³/mol. The van der Waals surface area contributed by atoms with Crippen LogP contribution in [-0.4, -0.2) is 31.6 Å². The summed E-state index contributed by atoms with van der Waals surface area (Å²) in [7, 11) is 3.44. The van der Waals surface area contributed by atoms with Crippen molar-refractivity contribution in [3.63, 3.8) is 0 Å². The average Bonchev–Trinajstić information content (AvgIpc) is 2.67. The number of carbonyl (C=O) groups excluding carboxylic acids is 1. The Balaban J connectivity index is 2.03. The number of nitrogens with zero attached hydrogens (tertiary/aromatic N) is 1. The van der Waals surface area contributed by atoms with E-state index >= 15 is 0 Å². The fourth-order valence-electron chi connectivity index (χ4n) is 2.55. The summed E-state index contributed by atoms with van der Waals surface area (Å²) in [5, 5.41) is 6.04. The van der Waals surface area contributed by atoms with E-state index < -0.39 is 0 Å². The Bertz CT molecular complexity index is 707. The molecule has 0 radical (unpaired) electrons. The molecule has 0 spiro atoms. The molecule has 2 N–H and O–H groups in total. The standard InChI is InChI=1S/C20H27N3O3/c1-14(12-21-3)20(24)23-15(2)17-5-6-18(19(11-17)25-4)26-13-16-7-9-22-10-8-16/h5-11,14-15,21H,12-13H2,1-4H3,(H,23,24). The van der Waals surface area contributed by atoms with Gasteiger partial charge in [0.15, 0.2) is 11.5 Å². The summed E-state index contributed by atoms with van der Waals surface area (Å²) in [5.41, 5.74) is 1.99. The van der Waals surface area contributed by atoms with Crippen molar-refractivity contribution >= 4 is 5.91 Å². The molecule has 140 valence electrons. The maximum atomic E-state index is 12.2. The number of methoxy groups -OCH3 is 1. The van der Waals surface area contributed by atoms with Crippen LogP contribution in [0.5, 0.6) is 11.5 Å². The van der Waals surface area contributed by atoms with Gasteiger partial charge in [-0.15, -0.1) is 0 Å². The summed E-state index contributed by atoms with van der Waals surface area (Å²) in [6.45, 7) is 4.93. The topological polar surface area (TPSA) is 72.5 Å². The quantitative estimate of drug-likeness (QED) is 0.722. The Morgan fingerprint density at radius 3 is 2.54 bits per heavy atom. The van der Waals surface area contributed by atoms with E-state index in [4.69, 9.17) is 9.47 Å². The molecule has 0 aliphatic rings. The molecule has 1 heterocycles. The molecule has 0 saturated heterocycles. The molecule has 0 bridgehead atoms. The van der Waals surface area contributed by atoms with Crippen LogP contribution in [0.15, 0.2) is 42.7 Å². The number of hydrogen-bond donors (Lipinski definition) is 2. The number of aromatic nitrogens is 1. The molecule has 1 aromatic carbocycles. The largest absolute Gasteiger partial charge is 0.493 e. The highest BCUT2D eigenvalue weighted by Gasteiger charge is 2.17. The second kappa shape index (κ2) is 9.77.